The number of rotatable bonds is 5. The Balaban J connectivity index is 2.09. The summed E-state index contributed by atoms with van der Waals surface area (Å²) in [5.41, 5.74) is 0.493. The van der Waals surface area contributed by atoms with Gasteiger partial charge >= 0.3 is 0 Å². The van der Waals surface area contributed by atoms with E-state index in [1.54, 1.807) is 31.3 Å². The standard InChI is InChI=1S/C15H14ClF2NO/c1-19-15(10-5-12(17)8-13(18)6-10)9-20-14-4-2-3-11(16)7-14/h2-8,15,19H,9H2,1H3. The van der Waals surface area contributed by atoms with Crippen LogP contribution in [-0.2, 0) is 0 Å². The highest BCUT2D eigenvalue weighted by Gasteiger charge is 2.13. The molecule has 0 bridgehead atoms. The maximum absolute atomic E-state index is 13.2. The SMILES string of the molecule is CNC(COc1cccc(Cl)c1)c1cc(F)cc(F)c1. The van der Waals surface area contributed by atoms with Crippen LogP contribution in [0.3, 0.4) is 0 Å². The molecule has 0 aliphatic carbocycles. The lowest BCUT2D eigenvalue weighted by Gasteiger charge is -2.18. The van der Waals surface area contributed by atoms with Crippen LogP contribution in [0.15, 0.2) is 42.5 Å². The molecule has 2 nitrogen and oxygen atoms in total. The van der Waals surface area contributed by atoms with Crippen LogP contribution in [0.2, 0.25) is 5.02 Å². The number of halogens is 3. The van der Waals surface area contributed by atoms with Gasteiger partial charge in [0.05, 0.1) is 6.04 Å². The molecule has 106 valence electrons. The van der Waals surface area contributed by atoms with Crippen molar-refractivity contribution in [2.24, 2.45) is 0 Å². The number of hydrogen-bond acceptors (Lipinski definition) is 2. The van der Waals surface area contributed by atoms with Crippen molar-refractivity contribution in [3.8, 4) is 5.75 Å². The van der Waals surface area contributed by atoms with Crippen LogP contribution in [0.4, 0.5) is 8.78 Å². The monoisotopic (exact) mass is 297 g/mol. The van der Waals surface area contributed by atoms with E-state index < -0.39 is 11.6 Å². The molecule has 0 aliphatic heterocycles. The van der Waals surface area contributed by atoms with E-state index in [1.165, 1.54) is 12.1 Å². The average Bonchev–Trinajstić information content (AvgIpc) is 2.38. The van der Waals surface area contributed by atoms with E-state index in [4.69, 9.17) is 16.3 Å². The van der Waals surface area contributed by atoms with Gasteiger partial charge in [0, 0.05) is 11.1 Å². The molecule has 0 saturated heterocycles. The van der Waals surface area contributed by atoms with Gasteiger partial charge < -0.3 is 10.1 Å². The van der Waals surface area contributed by atoms with E-state index in [9.17, 15) is 8.78 Å². The van der Waals surface area contributed by atoms with Crippen molar-refractivity contribution in [3.63, 3.8) is 0 Å². The van der Waals surface area contributed by atoms with E-state index >= 15 is 0 Å². The molecule has 2 aromatic rings. The van der Waals surface area contributed by atoms with Crippen molar-refractivity contribution < 1.29 is 13.5 Å². The highest BCUT2D eigenvalue weighted by molar-refractivity contribution is 6.30. The van der Waals surface area contributed by atoms with Crippen LogP contribution in [0.1, 0.15) is 11.6 Å². The summed E-state index contributed by atoms with van der Waals surface area (Å²) in [4.78, 5) is 0. The van der Waals surface area contributed by atoms with Crippen molar-refractivity contribution in [1.29, 1.82) is 0 Å². The Morgan fingerprint density at radius 2 is 1.85 bits per heavy atom. The molecule has 0 aromatic heterocycles. The van der Waals surface area contributed by atoms with Gasteiger partial charge in [0.2, 0.25) is 0 Å². The summed E-state index contributed by atoms with van der Waals surface area (Å²) in [6.45, 7) is 0.236. The van der Waals surface area contributed by atoms with Crippen molar-refractivity contribution >= 4 is 11.6 Å². The van der Waals surface area contributed by atoms with Crippen LogP contribution in [0.5, 0.6) is 5.75 Å². The molecule has 2 rings (SSSR count). The third-order valence-corrected chi connectivity index (χ3v) is 3.08. The zero-order chi connectivity index (χ0) is 14.5. The first kappa shape index (κ1) is 14.8. The van der Waals surface area contributed by atoms with Crippen molar-refractivity contribution in [1.82, 2.24) is 5.32 Å². The highest BCUT2D eigenvalue weighted by Crippen LogP contribution is 2.20. The first-order valence-electron chi connectivity index (χ1n) is 6.10. The van der Waals surface area contributed by atoms with Crippen LogP contribution < -0.4 is 10.1 Å². The van der Waals surface area contributed by atoms with E-state index in [0.29, 0.717) is 16.3 Å². The quantitative estimate of drug-likeness (QED) is 0.902. The summed E-state index contributed by atoms with van der Waals surface area (Å²) < 4.78 is 32.0. The largest absolute Gasteiger partial charge is 0.492 e. The number of benzene rings is 2. The topological polar surface area (TPSA) is 21.3 Å². The Bertz CT molecular complexity index is 572. The number of likely N-dealkylation sites (N-methyl/N-ethyl adjacent to an activating group) is 1. The maximum Gasteiger partial charge on any atom is 0.126 e. The Morgan fingerprint density at radius 1 is 1.15 bits per heavy atom. The first-order chi connectivity index (χ1) is 9.58. The van der Waals surface area contributed by atoms with Crippen LogP contribution in [0, 0.1) is 11.6 Å². The number of hydrogen-bond donors (Lipinski definition) is 1. The molecule has 5 heteroatoms. The number of nitrogens with one attached hydrogen (secondary N) is 1. The summed E-state index contributed by atoms with van der Waals surface area (Å²) in [5.74, 6) is -0.611. The van der Waals surface area contributed by atoms with E-state index in [1.807, 2.05) is 0 Å². The molecule has 0 fully saturated rings. The van der Waals surface area contributed by atoms with E-state index in [2.05, 4.69) is 5.32 Å². The van der Waals surface area contributed by atoms with E-state index in [-0.39, 0.29) is 12.6 Å². The fourth-order valence-corrected chi connectivity index (χ4v) is 2.04. The van der Waals surface area contributed by atoms with Gasteiger partial charge in [0.25, 0.3) is 0 Å². The molecule has 0 amide bonds. The highest BCUT2D eigenvalue weighted by atomic mass is 35.5. The molecular weight excluding hydrogens is 284 g/mol. The Hall–Kier alpha value is -1.65. The fourth-order valence-electron chi connectivity index (χ4n) is 1.86. The lowest BCUT2D eigenvalue weighted by atomic mass is 10.1. The van der Waals surface area contributed by atoms with Gasteiger partial charge in [-0.25, -0.2) is 8.78 Å². The van der Waals surface area contributed by atoms with Crippen molar-refractivity contribution in [2.75, 3.05) is 13.7 Å². The first-order valence-corrected chi connectivity index (χ1v) is 6.48. The molecule has 1 atom stereocenters. The molecule has 0 radical (unpaired) electrons. The summed E-state index contributed by atoms with van der Waals surface area (Å²) in [7, 11) is 1.70. The van der Waals surface area contributed by atoms with Crippen LogP contribution >= 0.6 is 11.6 Å². The predicted octanol–water partition coefficient (Wildman–Crippen LogP) is 3.96. The van der Waals surface area contributed by atoms with Crippen molar-refractivity contribution in [3.05, 3.63) is 64.7 Å². The minimum absolute atomic E-state index is 0.236. The van der Waals surface area contributed by atoms with Crippen LogP contribution in [0.25, 0.3) is 0 Å². The molecule has 20 heavy (non-hydrogen) atoms. The minimum Gasteiger partial charge on any atom is -0.492 e. The second-order valence-electron chi connectivity index (χ2n) is 4.31. The molecule has 0 spiro atoms. The van der Waals surface area contributed by atoms with Gasteiger partial charge in [-0.05, 0) is 42.9 Å². The second kappa shape index (κ2) is 6.68. The number of ether oxygens (including phenoxy) is 1. The van der Waals surface area contributed by atoms with Crippen molar-refractivity contribution in [2.45, 2.75) is 6.04 Å². The zero-order valence-corrected chi connectivity index (χ0v) is 11.6. The summed E-state index contributed by atoms with van der Waals surface area (Å²) in [6.07, 6.45) is 0. The predicted molar refractivity (Wildman–Crippen MR) is 75.1 cm³/mol. The zero-order valence-electron chi connectivity index (χ0n) is 10.9. The molecule has 1 N–H and O–H groups in total. The third kappa shape index (κ3) is 3.92. The van der Waals surface area contributed by atoms with Crippen LogP contribution in [-0.4, -0.2) is 13.7 Å². The molecule has 0 heterocycles. The Morgan fingerprint density at radius 3 is 2.45 bits per heavy atom. The van der Waals surface area contributed by atoms with Gasteiger partial charge in [0.15, 0.2) is 0 Å². The third-order valence-electron chi connectivity index (χ3n) is 2.85. The second-order valence-corrected chi connectivity index (χ2v) is 4.75. The summed E-state index contributed by atoms with van der Waals surface area (Å²) >= 11 is 5.86. The van der Waals surface area contributed by atoms with Gasteiger partial charge in [-0.15, -0.1) is 0 Å². The fraction of sp³-hybridized carbons (Fsp3) is 0.200. The normalized spacial score (nSPS) is 12.2. The molecule has 1 unspecified atom stereocenters. The van der Waals surface area contributed by atoms with E-state index in [0.717, 1.165) is 6.07 Å². The Kier molecular flexibility index (Phi) is 4.93. The maximum atomic E-state index is 13.2. The van der Waals surface area contributed by atoms with Gasteiger partial charge in [-0.1, -0.05) is 17.7 Å². The average molecular weight is 298 g/mol. The lowest BCUT2D eigenvalue weighted by molar-refractivity contribution is 0.272. The lowest BCUT2D eigenvalue weighted by Crippen LogP contribution is -2.23. The molecule has 2 aromatic carbocycles. The van der Waals surface area contributed by atoms with Gasteiger partial charge in [-0.2, -0.15) is 0 Å². The smallest absolute Gasteiger partial charge is 0.126 e. The summed E-state index contributed by atoms with van der Waals surface area (Å²) in [5, 5.41) is 3.54. The molecular formula is C15H14ClF2NO. The summed E-state index contributed by atoms with van der Waals surface area (Å²) in [6, 6.07) is 10.1. The Labute approximate surface area is 121 Å². The van der Waals surface area contributed by atoms with Gasteiger partial charge in [-0.3, -0.25) is 0 Å². The van der Waals surface area contributed by atoms with Gasteiger partial charge in [0.1, 0.15) is 24.0 Å². The minimum atomic E-state index is -0.608. The molecule has 0 aliphatic rings. The molecule has 0 saturated carbocycles.